The zero-order valence-electron chi connectivity index (χ0n) is 16.3. The molecule has 0 aliphatic heterocycles. The van der Waals surface area contributed by atoms with Crippen molar-refractivity contribution in [2.24, 2.45) is 0 Å². The highest BCUT2D eigenvalue weighted by Crippen LogP contribution is 2.23. The van der Waals surface area contributed by atoms with Gasteiger partial charge in [-0.3, -0.25) is 4.79 Å². The van der Waals surface area contributed by atoms with E-state index < -0.39 is 12.3 Å². The van der Waals surface area contributed by atoms with Gasteiger partial charge in [-0.05, 0) is 32.0 Å². The second-order valence-corrected chi connectivity index (χ2v) is 6.68. The Morgan fingerprint density at radius 3 is 2.83 bits per heavy atom. The van der Waals surface area contributed by atoms with E-state index in [2.05, 4.69) is 31.5 Å². The molecule has 0 aliphatic rings. The van der Waals surface area contributed by atoms with E-state index in [4.69, 9.17) is 5.26 Å². The fourth-order valence-corrected chi connectivity index (χ4v) is 2.81. The van der Waals surface area contributed by atoms with Crippen LogP contribution >= 0.6 is 0 Å². The summed E-state index contributed by atoms with van der Waals surface area (Å²) in [7, 11) is 1.23. The minimum absolute atomic E-state index is 0.0530. The predicted octanol–water partition coefficient (Wildman–Crippen LogP) is 2.78. The van der Waals surface area contributed by atoms with Crippen molar-refractivity contribution >= 4 is 22.5 Å². The van der Waals surface area contributed by atoms with Crippen LogP contribution in [0.4, 0.5) is 10.1 Å². The Kier molecular flexibility index (Phi) is 6.04. The summed E-state index contributed by atoms with van der Waals surface area (Å²) < 4.78 is 19.4. The molecule has 0 radical (unpaired) electrons. The van der Waals surface area contributed by atoms with Crippen molar-refractivity contribution in [2.45, 2.75) is 26.2 Å². The Morgan fingerprint density at radius 1 is 1.34 bits per heavy atom. The summed E-state index contributed by atoms with van der Waals surface area (Å²) >= 11 is 0. The van der Waals surface area contributed by atoms with Crippen molar-refractivity contribution in [2.75, 3.05) is 19.0 Å². The lowest BCUT2D eigenvalue weighted by atomic mass is 10.1. The summed E-state index contributed by atoms with van der Waals surface area (Å²) in [6, 6.07) is 9.11. The molecule has 1 amide bonds. The van der Waals surface area contributed by atoms with Crippen LogP contribution in [0.15, 0.2) is 36.7 Å². The first-order valence-electron chi connectivity index (χ1n) is 9.03. The molecule has 3 aromatic rings. The molecule has 2 heterocycles. The van der Waals surface area contributed by atoms with Crippen molar-refractivity contribution in [1.82, 2.24) is 20.1 Å². The Labute approximate surface area is 167 Å². The number of alkyl halides is 1. The maximum absolute atomic E-state index is 13.3. The van der Waals surface area contributed by atoms with E-state index in [9.17, 15) is 9.18 Å². The maximum atomic E-state index is 13.3. The van der Waals surface area contributed by atoms with Gasteiger partial charge in [0.15, 0.2) is 5.82 Å². The number of rotatable bonds is 7. The van der Waals surface area contributed by atoms with E-state index in [1.807, 2.05) is 13.8 Å². The van der Waals surface area contributed by atoms with Crippen LogP contribution in [0.1, 0.15) is 29.8 Å². The van der Waals surface area contributed by atoms with Crippen LogP contribution in [0.25, 0.3) is 16.7 Å². The molecule has 0 saturated heterocycles. The highest BCUT2D eigenvalue weighted by atomic mass is 19.1. The van der Waals surface area contributed by atoms with E-state index in [0.717, 1.165) is 10.9 Å². The number of carbonyl (C=O) groups excluding carboxylic acids is 1. The second-order valence-electron chi connectivity index (χ2n) is 6.68. The van der Waals surface area contributed by atoms with Crippen LogP contribution in [0.5, 0.6) is 0 Å². The van der Waals surface area contributed by atoms with Gasteiger partial charge in [0.1, 0.15) is 0 Å². The smallest absolute Gasteiger partial charge is 0.255 e. The highest BCUT2D eigenvalue weighted by Gasteiger charge is 2.17. The Bertz CT molecular complexity index is 1070. The third-order valence-electron chi connectivity index (χ3n) is 4.17. The number of hydrogen-bond donors (Lipinski definition) is 2. The summed E-state index contributed by atoms with van der Waals surface area (Å²) in [5, 5.41) is 19.9. The fraction of sp³-hybridized carbons (Fsp3) is 0.300. The second kappa shape index (κ2) is 8.67. The Balaban J connectivity index is 1.97. The monoisotopic (exact) mass is 396 g/mol. The number of nitriles is 1. The molecule has 2 N–H and O–H groups in total. The molecule has 2 aromatic heterocycles. The number of ether oxygens (including phenoxy) is 1. The van der Waals surface area contributed by atoms with Gasteiger partial charge >= 0.3 is 0 Å². The molecule has 8 nitrogen and oxygen atoms in total. The molecule has 0 bridgehead atoms. The van der Waals surface area contributed by atoms with Crippen LogP contribution in [-0.4, -0.2) is 46.7 Å². The van der Waals surface area contributed by atoms with Crippen LogP contribution < -0.4 is 10.6 Å². The number of aromatic nitrogens is 3. The van der Waals surface area contributed by atoms with Crippen LogP contribution in [0.2, 0.25) is 0 Å². The summed E-state index contributed by atoms with van der Waals surface area (Å²) in [5.74, 6) is 0.0422. The molecule has 0 spiro atoms. The Morgan fingerprint density at radius 2 is 2.14 bits per heavy atom. The molecule has 0 aliphatic carbocycles. The van der Waals surface area contributed by atoms with Crippen LogP contribution in [-0.2, 0) is 4.74 Å². The number of halogens is 1. The first-order valence-corrected chi connectivity index (χ1v) is 9.03. The number of nitrogens with zero attached hydrogens (tertiary/aromatic N) is 4. The molecular weight excluding hydrogens is 375 g/mol. The van der Waals surface area contributed by atoms with Crippen LogP contribution in [0.3, 0.4) is 0 Å². The van der Waals surface area contributed by atoms with Crippen molar-refractivity contribution in [3.63, 3.8) is 0 Å². The fourth-order valence-electron chi connectivity index (χ4n) is 2.81. The zero-order chi connectivity index (χ0) is 21.0. The van der Waals surface area contributed by atoms with E-state index >= 15 is 0 Å². The summed E-state index contributed by atoms with van der Waals surface area (Å²) in [5.41, 5.74) is 2.16. The van der Waals surface area contributed by atoms with Gasteiger partial charge in [0.05, 0.1) is 41.1 Å². The number of pyridine rings is 1. The standard InChI is InChI=1S/C20H21FN6O2/c1-12(2)26-16-7-19(23-10-15(16)20(28)24-11-18(21)29-3)27-17-5-4-13(8-22)6-14(17)9-25-27/h4-7,9-10,12,18H,11H2,1-3H3,(H,23,26)(H,24,28)/t18-/m0/s1. The lowest BCUT2D eigenvalue weighted by Gasteiger charge is -2.16. The molecule has 1 aromatic carbocycles. The Hall–Kier alpha value is -3.51. The van der Waals surface area contributed by atoms with Gasteiger partial charge in [0.25, 0.3) is 5.91 Å². The first-order chi connectivity index (χ1) is 13.9. The minimum atomic E-state index is -1.58. The van der Waals surface area contributed by atoms with Gasteiger partial charge in [0.2, 0.25) is 6.36 Å². The molecule has 9 heteroatoms. The lowest BCUT2D eigenvalue weighted by molar-refractivity contribution is -0.00258. The number of nitrogens with one attached hydrogen (secondary N) is 2. The van der Waals surface area contributed by atoms with Gasteiger partial charge in [-0.15, -0.1) is 0 Å². The summed E-state index contributed by atoms with van der Waals surface area (Å²) in [6.45, 7) is 3.62. The van der Waals surface area contributed by atoms with E-state index in [0.29, 0.717) is 17.1 Å². The topological polar surface area (TPSA) is 105 Å². The van der Waals surface area contributed by atoms with Crippen LogP contribution in [0, 0.1) is 11.3 Å². The van der Waals surface area contributed by atoms with Gasteiger partial charge in [-0.25, -0.2) is 14.1 Å². The average Bonchev–Trinajstić information content (AvgIpc) is 3.14. The highest BCUT2D eigenvalue weighted by molar-refractivity contribution is 5.99. The molecule has 0 fully saturated rings. The normalized spacial score (nSPS) is 12.0. The predicted molar refractivity (Wildman–Crippen MR) is 107 cm³/mol. The van der Waals surface area contributed by atoms with Gasteiger partial charge in [0, 0.05) is 30.8 Å². The molecule has 0 unspecified atom stereocenters. The van der Waals surface area contributed by atoms with Crippen molar-refractivity contribution in [3.05, 3.63) is 47.8 Å². The number of carbonyl (C=O) groups is 1. The van der Waals surface area contributed by atoms with Gasteiger partial charge in [-0.1, -0.05) is 0 Å². The number of anilines is 1. The van der Waals surface area contributed by atoms with E-state index in [-0.39, 0.29) is 18.2 Å². The molecule has 150 valence electrons. The number of hydrogen-bond acceptors (Lipinski definition) is 6. The molecule has 3 rings (SSSR count). The summed E-state index contributed by atoms with van der Waals surface area (Å²) in [4.78, 5) is 16.8. The quantitative estimate of drug-likeness (QED) is 0.636. The molecular formula is C20H21FN6O2. The number of methoxy groups -OCH3 is 1. The maximum Gasteiger partial charge on any atom is 0.255 e. The molecule has 0 saturated carbocycles. The van der Waals surface area contributed by atoms with E-state index in [1.165, 1.54) is 13.3 Å². The molecule has 1 atom stereocenters. The number of amides is 1. The third-order valence-corrected chi connectivity index (χ3v) is 4.17. The third kappa shape index (κ3) is 4.50. The van der Waals surface area contributed by atoms with Gasteiger partial charge < -0.3 is 15.4 Å². The largest absolute Gasteiger partial charge is 0.382 e. The van der Waals surface area contributed by atoms with E-state index in [1.54, 1.807) is 35.1 Å². The summed E-state index contributed by atoms with van der Waals surface area (Å²) in [6.07, 6.45) is 1.49. The van der Waals surface area contributed by atoms with Crippen molar-refractivity contribution < 1.29 is 13.9 Å². The van der Waals surface area contributed by atoms with Crippen molar-refractivity contribution in [1.29, 1.82) is 5.26 Å². The first kappa shape index (κ1) is 20.2. The number of benzene rings is 1. The zero-order valence-corrected chi connectivity index (χ0v) is 16.3. The minimum Gasteiger partial charge on any atom is -0.382 e. The molecule has 29 heavy (non-hydrogen) atoms. The van der Waals surface area contributed by atoms with Crippen molar-refractivity contribution in [3.8, 4) is 11.9 Å². The van der Waals surface area contributed by atoms with Gasteiger partial charge in [-0.2, -0.15) is 10.4 Å². The number of fused-ring (bicyclic) bond motifs is 1. The average molecular weight is 396 g/mol. The SMILES string of the molecule is CO[C@H](F)CNC(=O)c1cnc(-n2ncc3cc(C#N)ccc32)cc1NC(C)C. The lowest BCUT2D eigenvalue weighted by Crippen LogP contribution is -2.32.